The van der Waals surface area contributed by atoms with Gasteiger partial charge in [0.15, 0.2) is 0 Å². The van der Waals surface area contributed by atoms with Crippen molar-refractivity contribution in [3.8, 4) is 5.75 Å². The van der Waals surface area contributed by atoms with Gasteiger partial charge < -0.3 is 25.4 Å². The molecule has 0 saturated heterocycles. The maximum Gasteiger partial charge on any atom is 0.130 e. The lowest BCUT2D eigenvalue weighted by Crippen LogP contribution is -2.40. The highest BCUT2D eigenvalue weighted by molar-refractivity contribution is 5.83. The number of fused-ring (bicyclic) bond motifs is 1. The molecule has 3 N–H and O–H groups in total. The monoisotopic (exact) mass is 412 g/mol. The second kappa shape index (κ2) is 10.4. The van der Waals surface area contributed by atoms with Gasteiger partial charge in [-0.1, -0.05) is 6.08 Å². The molecule has 0 bridgehead atoms. The van der Waals surface area contributed by atoms with Crippen molar-refractivity contribution in [1.29, 1.82) is 0 Å². The summed E-state index contributed by atoms with van der Waals surface area (Å²) in [6.07, 6.45) is 8.75. The zero-order valence-electron chi connectivity index (χ0n) is 18.4. The van der Waals surface area contributed by atoms with E-state index >= 15 is 0 Å². The molecule has 0 spiro atoms. The fourth-order valence-electron chi connectivity index (χ4n) is 4.72. The van der Waals surface area contributed by atoms with Crippen LogP contribution in [0.1, 0.15) is 50.2 Å². The number of hydrogen-bond acceptors (Lipinski definition) is 6. The van der Waals surface area contributed by atoms with Gasteiger partial charge in [-0.25, -0.2) is 0 Å². The Morgan fingerprint density at radius 2 is 2.23 bits per heavy atom. The van der Waals surface area contributed by atoms with Crippen LogP contribution in [0, 0.1) is 0 Å². The van der Waals surface area contributed by atoms with Gasteiger partial charge in [0.2, 0.25) is 0 Å². The summed E-state index contributed by atoms with van der Waals surface area (Å²) in [5.41, 5.74) is 6.36. The second-order valence-electron chi connectivity index (χ2n) is 8.61. The number of hydrogen-bond donors (Lipinski definition) is 3. The smallest absolute Gasteiger partial charge is 0.130 e. The summed E-state index contributed by atoms with van der Waals surface area (Å²) in [7, 11) is 1.76. The third-order valence-electron chi connectivity index (χ3n) is 6.14. The highest BCUT2D eigenvalue weighted by Crippen LogP contribution is 2.39. The van der Waals surface area contributed by atoms with E-state index in [1.807, 2.05) is 0 Å². The molecule has 3 aliphatic rings. The van der Waals surface area contributed by atoms with Crippen molar-refractivity contribution in [2.75, 3.05) is 45.3 Å². The molecule has 0 aromatic heterocycles. The van der Waals surface area contributed by atoms with Gasteiger partial charge in [0, 0.05) is 68.1 Å². The Kier molecular flexibility index (Phi) is 7.42. The first-order valence-electron chi connectivity index (χ1n) is 11.4. The molecule has 2 unspecified atom stereocenters. The number of aliphatic imine (C=N–C) groups is 1. The van der Waals surface area contributed by atoms with Crippen LogP contribution in [0.15, 0.2) is 23.2 Å². The third kappa shape index (κ3) is 5.42. The van der Waals surface area contributed by atoms with Crippen LogP contribution in [0.2, 0.25) is 0 Å². The Labute approximate surface area is 180 Å². The number of allylic oxidation sites excluding steroid dienone is 1. The van der Waals surface area contributed by atoms with Crippen molar-refractivity contribution in [2.45, 2.75) is 57.7 Å². The molecule has 0 aliphatic carbocycles. The fraction of sp³-hybridized carbons (Fsp3) is 0.625. The van der Waals surface area contributed by atoms with Crippen LogP contribution in [0.25, 0.3) is 5.57 Å². The number of benzene rings is 1. The first kappa shape index (κ1) is 21.3. The van der Waals surface area contributed by atoms with Crippen LogP contribution < -0.4 is 20.7 Å². The molecule has 2 atom stereocenters. The van der Waals surface area contributed by atoms with Gasteiger partial charge in [0.25, 0.3) is 0 Å². The minimum absolute atomic E-state index is 0.108. The van der Waals surface area contributed by atoms with E-state index in [0.29, 0.717) is 6.04 Å². The van der Waals surface area contributed by atoms with Gasteiger partial charge in [-0.15, -0.1) is 0 Å². The third-order valence-corrected chi connectivity index (χ3v) is 6.14. The van der Waals surface area contributed by atoms with Crippen LogP contribution in [0.5, 0.6) is 5.75 Å². The summed E-state index contributed by atoms with van der Waals surface area (Å²) in [5, 5.41) is 10.9. The summed E-state index contributed by atoms with van der Waals surface area (Å²) in [4.78, 5) is 4.91. The van der Waals surface area contributed by atoms with Gasteiger partial charge >= 0.3 is 0 Å². The number of anilines is 1. The Morgan fingerprint density at radius 3 is 3.13 bits per heavy atom. The van der Waals surface area contributed by atoms with Crippen molar-refractivity contribution in [3.63, 3.8) is 0 Å². The predicted octanol–water partition coefficient (Wildman–Crippen LogP) is 3.38. The highest BCUT2D eigenvalue weighted by Gasteiger charge is 2.24. The van der Waals surface area contributed by atoms with E-state index in [1.54, 1.807) is 7.11 Å². The molecule has 6 nitrogen and oxygen atoms in total. The van der Waals surface area contributed by atoms with Crippen molar-refractivity contribution in [1.82, 2.24) is 10.6 Å². The topological polar surface area (TPSA) is 66.9 Å². The molecule has 0 fully saturated rings. The average molecular weight is 413 g/mol. The summed E-state index contributed by atoms with van der Waals surface area (Å²) >= 11 is 0. The number of ether oxygens (including phenoxy) is 2. The quantitative estimate of drug-likeness (QED) is 0.571. The van der Waals surface area contributed by atoms with Crippen LogP contribution in [-0.4, -0.2) is 57.9 Å². The Bertz CT molecular complexity index is 790. The molecule has 6 heteroatoms. The van der Waals surface area contributed by atoms with Crippen LogP contribution >= 0.6 is 0 Å². The predicted molar refractivity (Wildman–Crippen MR) is 124 cm³/mol. The maximum absolute atomic E-state index is 6.03. The molecule has 30 heavy (non-hydrogen) atoms. The molecular formula is C24H36N4O2. The molecule has 1 aromatic carbocycles. The lowest BCUT2D eigenvalue weighted by Gasteiger charge is -2.29. The molecule has 0 amide bonds. The summed E-state index contributed by atoms with van der Waals surface area (Å²) in [6, 6.07) is 5.01. The number of methoxy groups -OCH3 is 1. The molecular weight excluding hydrogens is 376 g/mol. The standard InChI is InChI=1S/C24H36N4O2/c1-17-13-20(26-9-4-11-29-2)16-23(27-17)28-21-14-19-7-12-30-24(19)22(15-21)18-5-3-8-25-10-6-18/h6,14-15,20,23,25-26,28H,3-5,7-13,16H2,1-2H3. The lowest BCUT2D eigenvalue weighted by atomic mass is 9.96. The highest BCUT2D eigenvalue weighted by atomic mass is 16.5. The van der Waals surface area contributed by atoms with Gasteiger partial charge in [0.05, 0.1) is 6.61 Å². The minimum atomic E-state index is 0.108. The number of nitrogens with zero attached hydrogens (tertiary/aromatic N) is 1. The minimum Gasteiger partial charge on any atom is -0.492 e. The molecule has 3 aliphatic heterocycles. The van der Waals surface area contributed by atoms with Gasteiger partial charge in [0.1, 0.15) is 11.9 Å². The second-order valence-corrected chi connectivity index (χ2v) is 8.61. The lowest BCUT2D eigenvalue weighted by molar-refractivity contribution is 0.193. The summed E-state index contributed by atoms with van der Waals surface area (Å²) < 4.78 is 11.2. The van der Waals surface area contributed by atoms with Crippen LogP contribution in [-0.2, 0) is 11.2 Å². The van der Waals surface area contributed by atoms with E-state index in [9.17, 15) is 0 Å². The summed E-state index contributed by atoms with van der Waals surface area (Å²) in [6.45, 7) is 6.73. The van der Waals surface area contributed by atoms with E-state index in [1.165, 1.54) is 28.8 Å². The molecule has 0 saturated carbocycles. The van der Waals surface area contributed by atoms with E-state index in [2.05, 4.69) is 41.1 Å². The van der Waals surface area contributed by atoms with Gasteiger partial charge in [-0.2, -0.15) is 0 Å². The van der Waals surface area contributed by atoms with E-state index in [4.69, 9.17) is 14.5 Å². The Balaban J connectivity index is 1.48. The molecule has 3 heterocycles. The average Bonchev–Trinajstić information content (AvgIpc) is 3.03. The molecule has 1 aromatic rings. The Morgan fingerprint density at radius 1 is 1.30 bits per heavy atom. The van der Waals surface area contributed by atoms with E-state index in [0.717, 1.165) is 76.4 Å². The SMILES string of the molecule is COCCCNC1CC(C)=NC(Nc2cc3c(c(C4=CCNCCC4)c2)OCC3)C1. The summed E-state index contributed by atoms with van der Waals surface area (Å²) in [5.74, 6) is 1.09. The van der Waals surface area contributed by atoms with Crippen LogP contribution in [0.3, 0.4) is 0 Å². The van der Waals surface area contributed by atoms with Crippen molar-refractivity contribution in [3.05, 3.63) is 29.3 Å². The fourth-order valence-corrected chi connectivity index (χ4v) is 4.72. The molecule has 4 rings (SSSR count). The zero-order valence-corrected chi connectivity index (χ0v) is 18.4. The normalized spacial score (nSPS) is 23.8. The van der Waals surface area contributed by atoms with Crippen LogP contribution in [0.4, 0.5) is 5.69 Å². The number of nitrogens with one attached hydrogen (secondary N) is 3. The van der Waals surface area contributed by atoms with Gasteiger partial charge in [-0.3, -0.25) is 4.99 Å². The first-order chi connectivity index (χ1) is 14.7. The number of rotatable bonds is 8. The first-order valence-corrected chi connectivity index (χ1v) is 11.4. The van der Waals surface area contributed by atoms with Crippen molar-refractivity contribution in [2.24, 2.45) is 4.99 Å². The molecule has 0 radical (unpaired) electrons. The zero-order chi connectivity index (χ0) is 20.8. The van der Waals surface area contributed by atoms with Crippen molar-refractivity contribution >= 4 is 17.0 Å². The Hall–Kier alpha value is -1.89. The van der Waals surface area contributed by atoms with Crippen molar-refractivity contribution < 1.29 is 9.47 Å². The van der Waals surface area contributed by atoms with E-state index < -0.39 is 0 Å². The van der Waals surface area contributed by atoms with Gasteiger partial charge in [-0.05, 0) is 57.0 Å². The van der Waals surface area contributed by atoms with E-state index in [-0.39, 0.29) is 6.17 Å². The maximum atomic E-state index is 6.03. The largest absolute Gasteiger partial charge is 0.492 e. The molecule has 164 valence electrons.